The first-order chi connectivity index (χ1) is 7.20. The molecular formula is C12H10F2O. The van der Waals surface area contributed by atoms with Crippen LogP contribution in [0.4, 0.5) is 8.78 Å². The van der Waals surface area contributed by atoms with Crippen LogP contribution in [0.5, 0.6) is 5.75 Å². The van der Waals surface area contributed by atoms with E-state index >= 15 is 0 Å². The minimum atomic E-state index is -2.78. The van der Waals surface area contributed by atoms with E-state index in [1.165, 1.54) is 6.07 Å². The summed E-state index contributed by atoms with van der Waals surface area (Å²) in [6, 6.07) is 4.90. The molecule has 0 amide bonds. The first-order valence-electron chi connectivity index (χ1n) is 4.76. The lowest BCUT2D eigenvalue weighted by molar-refractivity contribution is -0.0504. The van der Waals surface area contributed by atoms with Gasteiger partial charge in [0, 0.05) is 5.56 Å². The van der Waals surface area contributed by atoms with Crippen LogP contribution in [0.3, 0.4) is 0 Å². The zero-order valence-electron chi connectivity index (χ0n) is 8.04. The summed E-state index contributed by atoms with van der Waals surface area (Å²) in [6.07, 6.45) is 7.29. The second kappa shape index (κ2) is 3.90. The first-order valence-corrected chi connectivity index (χ1v) is 4.76. The molecule has 15 heavy (non-hydrogen) atoms. The predicted molar refractivity (Wildman–Crippen MR) is 53.0 cm³/mol. The molecule has 0 radical (unpaired) electrons. The molecule has 0 N–H and O–H groups in total. The molecule has 2 rings (SSSR count). The van der Waals surface area contributed by atoms with Gasteiger partial charge in [-0.2, -0.15) is 8.78 Å². The zero-order chi connectivity index (χ0) is 10.8. The van der Waals surface area contributed by atoms with Gasteiger partial charge in [0.1, 0.15) is 5.75 Å². The van der Waals surface area contributed by atoms with E-state index in [-0.39, 0.29) is 5.75 Å². The Hall–Kier alpha value is -1.56. The normalized spacial score (nSPS) is 15.1. The Labute approximate surface area is 87.1 Å². The lowest BCUT2D eigenvalue weighted by atomic mass is 10.1. The molecule has 0 aliphatic heterocycles. The Balaban J connectivity index is 2.32. The van der Waals surface area contributed by atoms with Crippen LogP contribution in [0.2, 0.25) is 0 Å². The maximum absolute atomic E-state index is 12.1. The average molecular weight is 208 g/mol. The third-order valence-electron chi connectivity index (χ3n) is 2.41. The van der Waals surface area contributed by atoms with Crippen LogP contribution in [0.15, 0.2) is 18.2 Å². The summed E-state index contributed by atoms with van der Waals surface area (Å²) in [5.74, 6) is 3.08. The Morgan fingerprint density at radius 1 is 1.40 bits per heavy atom. The molecule has 1 aromatic rings. The van der Waals surface area contributed by atoms with Crippen LogP contribution in [0.1, 0.15) is 29.9 Å². The zero-order valence-corrected chi connectivity index (χ0v) is 8.04. The number of alkyl halides is 2. The van der Waals surface area contributed by atoms with E-state index < -0.39 is 6.61 Å². The highest BCUT2D eigenvalue weighted by Gasteiger charge is 2.27. The fourth-order valence-corrected chi connectivity index (χ4v) is 1.55. The molecule has 1 saturated carbocycles. The van der Waals surface area contributed by atoms with Crippen molar-refractivity contribution in [2.45, 2.75) is 25.4 Å². The summed E-state index contributed by atoms with van der Waals surface area (Å²) in [6.45, 7) is -2.78. The van der Waals surface area contributed by atoms with Crippen LogP contribution >= 0.6 is 0 Å². The van der Waals surface area contributed by atoms with Gasteiger partial charge >= 0.3 is 6.61 Å². The summed E-state index contributed by atoms with van der Waals surface area (Å²) in [4.78, 5) is 0. The second-order valence-electron chi connectivity index (χ2n) is 3.55. The summed E-state index contributed by atoms with van der Waals surface area (Å²) in [5, 5.41) is 0. The van der Waals surface area contributed by atoms with Gasteiger partial charge in [0.2, 0.25) is 0 Å². The fourth-order valence-electron chi connectivity index (χ4n) is 1.55. The summed E-state index contributed by atoms with van der Waals surface area (Å²) in [7, 11) is 0. The molecule has 1 aliphatic rings. The Morgan fingerprint density at radius 2 is 2.13 bits per heavy atom. The molecule has 1 aliphatic carbocycles. The van der Waals surface area contributed by atoms with Crippen LogP contribution in [0, 0.1) is 12.3 Å². The van der Waals surface area contributed by atoms with Gasteiger partial charge in [-0.1, -0.05) is 5.92 Å². The largest absolute Gasteiger partial charge is 0.435 e. The van der Waals surface area contributed by atoms with Gasteiger partial charge in [0.25, 0.3) is 0 Å². The summed E-state index contributed by atoms with van der Waals surface area (Å²) < 4.78 is 28.7. The molecule has 0 spiro atoms. The number of rotatable bonds is 3. The van der Waals surface area contributed by atoms with Crippen molar-refractivity contribution in [3.63, 3.8) is 0 Å². The molecule has 0 aromatic heterocycles. The van der Waals surface area contributed by atoms with E-state index in [1.807, 2.05) is 0 Å². The lowest BCUT2D eigenvalue weighted by Crippen LogP contribution is -2.04. The molecule has 0 unspecified atom stereocenters. The average Bonchev–Trinajstić information content (AvgIpc) is 3.01. The molecular weight excluding hydrogens is 198 g/mol. The topological polar surface area (TPSA) is 9.23 Å². The third-order valence-corrected chi connectivity index (χ3v) is 2.41. The summed E-state index contributed by atoms with van der Waals surface area (Å²) >= 11 is 0. The highest BCUT2D eigenvalue weighted by Crippen LogP contribution is 2.44. The number of benzene rings is 1. The minimum absolute atomic E-state index is 0.256. The second-order valence-corrected chi connectivity index (χ2v) is 3.55. The van der Waals surface area contributed by atoms with E-state index in [2.05, 4.69) is 10.7 Å². The lowest BCUT2D eigenvalue weighted by Gasteiger charge is -2.10. The van der Waals surface area contributed by atoms with Crippen molar-refractivity contribution in [3.05, 3.63) is 29.3 Å². The monoisotopic (exact) mass is 208 g/mol. The van der Waals surface area contributed by atoms with Gasteiger partial charge in [-0.05, 0) is 42.5 Å². The van der Waals surface area contributed by atoms with E-state index in [9.17, 15) is 8.78 Å². The van der Waals surface area contributed by atoms with Gasteiger partial charge in [-0.15, -0.1) is 6.42 Å². The van der Waals surface area contributed by atoms with Crippen molar-refractivity contribution in [2.75, 3.05) is 0 Å². The predicted octanol–water partition coefficient (Wildman–Crippen LogP) is 3.15. The highest BCUT2D eigenvalue weighted by atomic mass is 19.3. The van der Waals surface area contributed by atoms with Gasteiger partial charge < -0.3 is 4.74 Å². The Kier molecular flexibility index (Phi) is 2.59. The van der Waals surface area contributed by atoms with Crippen molar-refractivity contribution >= 4 is 0 Å². The van der Waals surface area contributed by atoms with Crippen LogP contribution < -0.4 is 4.74 Å². The van der Waals surface area contributed by atoms with Crippen molar-refractivity contribution in [2.24, 2.45) is 0 Å². The Morgan fingerprint density at radius 3 is 2.67 bits per heavy atom. The van der Waals surface area contributed by atoms with Gasteiger partial charge in [0.15, 0.2) is 0 Å². The smallest absolute Gasteiger partial charge is 0.387 e. The van der Waals surface area contributed by atoms with E-state index in [1.54, 1.807) is 12.1 Å². The van der Waals surface area contributed by atoms with Gasteiger partial charge in [-0.25, -0.2) is 0 Å². The molecule has 78 valence electrons. The Bertz CT molecular complexity index is 403. The van der Waals surface area contributed by atoms with Crippen molar-refractivity contribution in [3.8, 4) is 18.1 Å². The molecule has 1 aromatic carbocycles. The quantitative estimate of drug-likeness (QED) is 0.693. The van der Waals surface area contributed by atoms with Gasteiger partial charge in [0.05, 0.1) is 0 Å². The molecule has 0 saturated heterocycles. The molecule has 1 nitrogen and oxygen atoms in total. The number of terminal acetylenes is 1. The number of ether oxygens (including phenoxy) is 1. The maximum Gasteiger partial charge on any atom is 0.387 e. The fraction of sp³-hybridized carbons (Fsp3) is 0.333. The standard InChI is InChI=1S/C12H10F2O/c1-2-8-3-6-11(15-12(13)14)10(7-8)9-4-5-9/h1,3,6-7,9,12H,4-5H2. The van der Waals surface area contributed by atoms with E-state index in [0.29, 0.717) is 11.5 Å². The SMILES string of the molecule is C#Cc1ccc(OC(F)F)c(C2CC2)c1. The number of hydrogen-bond donors (Lipinski definition) is 0. The van der Waals surface area contributed by atoms with Gasteiger partial charge in [-0.3, -0.25) is 0 Å². The van der Waals surface area contributed by atoms with E-state index in [4.69, 9.17) is 6.42 Å². The summed E-state index contributed by atoms with van der Waals surface area (Å²) in [5.41, 5.74) is 1.52. The molecule has 0 bridgehead atoms. The van der Waals surface area contributed by atoms with Crippen LogP contribution in [-0.2, 0) is 0 Å². The van der Waals surface area contributed by atoms with Crippen LogP contribution in [-0.4, -0.2) is 6.61 Å². The number of hydrogen-bond acceptors (Lipinski definition) is 1. The molecule has 3 heteroatoms. The molecule has 0 heterocycles. The number of halogens is 2. The highest BCUT2D eigenvalue weighted by molar-refractivity contribution is 5.46. The van der Waals surface area contributed by atoms with Crippen molar-refractivity contribution < 1.29 is 13.5 Å². The van der Waals surface area contributed by atoms with E-state index in [0.717, 1.165) is 18.4 Å². The first kappa shape index (κ1) is 9.97. The van der Waals surface area contributed by atoms with Crippen LogP contribution in [0.25, 0.3) is 0 Å². The minimum Gasteiger partial charge on any atom is -0.435 e. The molecule has 0 atom stereocenters. The third kappa shape index (κ3) is 2.27. The van der Waals surface area contributed by atoms with Crippen molar-refractivity contribution in [1.29, 1.82) is 0 Å². The van der Waals surface area contributed by atoms with Crippen molar-refractivity contribution in [1.82, 2.24) is 0 Å². The molecule has 1 fully saturated rings. The maximum atomic E-state index is 12.1.